The van der Waals surface area contributed by atoms with Crippen molar-refractivity contribution in [3.05, 3.63) is 241 Å². The van der Waals surface area contributed by atoms with Gasteiger partial charge in [-0.05, 0) is 136 Å². The molecule has 10 aromatic carbocycles. The molecule has 4 heterocycles. The van der Waals surface area contributed by atoms with Gasteiger partial charge in [-0.15, -0.1) is 0 Å². The van der Waals surface area contributed by atoms with E-state index in [1.807, 2.05) is 0 Å². The fourth-order valence-electron chi connectivity index (χ4n) is 12.8. The smallest absolute Gasteiger partial charge is 0.130 e. The second-order valence-corrected chi connectivity index (χ2v) is 22.2. The molecule has 0 N–H and O–H groups in total. The minimum absolute atomic E-state index is 0.297. The molecule has 0 amide bonds. The Morgan fingerprint density at radius 2 is 1.09 bits per heavy atom. The van der Waals surface area contributed by atoms with Crippen LogP contribution in [0.1, 0.15) is 74.9 Å². The van der Waals surface area contributed by atoms with Crippen molar-refractivity contribution in [1.29, 1.82) is 0 Å². The first-order valence-corrected chi connectivity index (χ1v) is 28.2. The fourth-order valence-corrected chi connectivity index (χ4v) is 12.8. The van der Waals surface area contributed by atoms with Crippen molar-refractivity contribution < 1.29 is 4.74 Å². The second-order valence-electron chi connectivity index (χ2n) is 22.2. The summed E-state index contributed by atoms with van der Waals surface area (Å²) in [4.78, 5) is 10.4. The van der Waals surface area contributed by atoms with Crippen LogP contribution in [0.4, 0.5) is 22.7 Å². The lowest BCUT2D eigenvalue weighted by Gasteiger charge is -2.28. The Kier molecular flexibility index (Phi) is 12.0. The molecule has 2 aliphatic rings. The number of hydrogen-bond acceptors (Lipinski definition) is 4. The Labute approximate surface area is 463 Å². The SMILES string of the molecule is Cc1cc(-n2c3ccccc3c3ccc(Oc4cc(-c5c(C(C)C)cccc5C(C)C)cc(N5CN(c6c(-c7ccccc7)cccc6-c6ccccc6)c6cc7c(cc65)nc5n7CCCC5)c4)cc32)ccc1-c1ccccc1. The highest BCUT2D eigenvalue weighted by atomic mass is 16.5. The second kappa shape index (κ2) is 19.7. The predicted octanol–water partition coefficient (Wildman–Crippen LogP) is 19.7. The van der Waals surface area contributed by atoms with Crippen LogP contribution in [0.25, 0.3) is 83.0 Å². The van der Waals surface area contributed by atoms with Crippen LogP contribution in [0.3, 0.4) is 0 Å². The van der Waals surface area contributed by atoms with Crippen LogP contribution >= 0.6 is 0 Å². The third-order valence-electron chi connectivity index (χ3n) is 16.6. The number of fused-ring (bicyclic) bond motifs is 7. The lowest BCUT2D eigenvalue weighted by atomic mass is 9.85. The number of aryl methyl sites for hydroxylation is 3. The number of ether oxygens (including phenoxy) is 1. The number of rotatable bonds is 11. The molecule has 0 saturated carbocycles. The maximum absolute atomic E-state index is 7.35. The number of hydrogen-bond donors (Lipinski definition) is 0. The lowest BCUT2D eigenvalue weighted by molar-refractivity contribution is 0.483. The van der Waals surface area contributed by atoms with E-state index in [-0.39, 0.29) is 0 Å². The van der Waals surface area contributed by atoms with E-state index in [0.29, 0.717) is 18.5 Å². The molecule has 0 bridgehead atoms. The van der Waals surface area contributed by atoms with E-state index in [4.69, 9.17) is 9.72 Å². The van der Waals surface area contributed by atoms with Gasteiger partial charge in [-0.2, -0.15) is 0 Å². The first-order chi connectivity index (χ1) is 38.7. The van der Waals surface area contributed by atoms with Crippen LogP contribution in [0.2, 0.25) is 0 Å². The zero-order valence-electron chi connectivity index (χ0n) is 45.6. The van der Waals surface area contributed by atoms with E-state index >= 15 is 0 Å². The molecule has 6 heteroatoms. The van der Waals surface area contributed by atoms with Crippen LogP contribution in [0.5, 0.6) is 11.5 Å². The topological polar surface area (TPSA) is 38.5 Å². The average molecular weight is 1030 g/mol. The number of nitrogens with zero attached hydrogens (tertiary/aromatic N) is 5. The van der Waals surface area contributed by atoms with Gasteiger partial charge in [-0.3, -0.25) is 0 Å². The van der Waals surface area contributed by atoms with Gasteiger partial charge in [-0.1, -0.05) is 179 Å². The van der Waals surface area contributed by atoms with E-state index in [0.717, 1.165) is 82.2 Å². The summed E-state index contributed by atoms with van der Waals surface area (Å²) in [6, 6.07) is 80.1. The molecule has 14 rings (SSSR count). The molecular weight excluding hydrogens is 963 g/mol. The number of anilines is 4. The van der Waals surface area contributed by atoms with E-state index in [9.17, 15) is 0 Å². The lowest BCUT2D eigenvalue weighted by Crippen LogP contribution is -2.25. The highest BCUT2D eigenvalue weighted by molar-refractivity contribution is 6.10. The maximum atomic E-state index is 7.35. The molecule has 0 radical (unpaired) electrons. The number of benzene rings is 10. The summed E-state index contributed by atoms with van der Waals surface area (Å²) < 4.78 is 12.2. The first-order valence-electron chi connectivity index (χ1n) is 28.2. The van der Waals surface area contributed by atoms with E-state index in [2.05, 4.69) is 272 Å². The van der Waals surface area contributed by atoms with Crippen LogP contribution < -0.4 is 14.5 Å². The minimum Gasteiger partial charge on any atom is -0.457 e. The fraction of sp³-hybridized carbons (Fsp3) is 0.164. The Bertz CT molecular complexity index is 4200. The van der Waals surface area contributed by atoms with Crippen molar-refractivity contribution >= 4 is 55.6 Å². The summed E-state index contributed by atoms with van der Waals surface area (Å²) >= 11 is 0. The Morgan fingerprint density at radius 3 is 1.77 bits per heavy atom. The molecule has 79 heavy (non-hydrogen) atoms. The molecule has 2 aliphatic heterocycles. The largest absolute Gasteiger partial charge is 0.457 e. The van der Waals surface area contributed by atoms with Gasteiger partial charge in [0.25, 0.3) is 0 Å². The van der Waals surface area contributed by atoms with Gasteiger partial charge in [0.1, 0.15) is 24.0 Å². The number of para-hydroxylation sites is 2. The van der Waals surface area contributed by atoms with Crippen LogP contribution in [-0.4, -0.2) is 20.8 Å². The molecule has 0 saturated heterocycles. The van der Waals surface area contributed by atoms with Gasteiger partial charge in [0.2, 0.25) is 0 Å². The van der Waals surface area contributed by atoms with Crippen molar-refractivity contribution in [3.63, 3.8) is 0 Å². The molecular formula is C73H63N5O. The van der Waals surface area contributed by atoms with Gasteiger partial charge in [-0.25, -0.2) is 4.98 Å². The number of aromatic nitrogens is 3. The Hall–Kier alpha value is -9.13. The first kappa shape index (κ1) is 48.3. The van der Waals surface area contributed by atoms with Crippen molar-refractivity contribution in [3.8, 4) is 61.7 Å². The average Bonchev–Trinajstić information content (AvgIpc) is 4.30. The predicted molar refractivity (Wildman–Crippen MR) is 330 cm³/mol. The van der Waals surface area contributed by atoms with Crippen LogP contribution in [0.15, 0.2) is 218 Å². The molecule has 0 atom stereocenters. The summed E-state index contributed by atoms with van der Waals surface area (Å²) in [6.07, 6.45) is 3.31. The van der Waals surface area contributed by atoms with Gasteiger partial charge >= 0.3 is 0 Å². The quantitative estimate of drug-likeness (QED) is 0.129. The summed E-state index contributed by atoms with van der Waals surface area (Å²) in [6.45, 7) is 13.0. The molecule has 2 aromatic heterocycles. The van der Waals surface area contributed by atoms with Crippen molar-refractivity contribution in [1.82, 2.24) is 14.1 Å². The molecule has 386 valence electrons. The van der Waals surface area contributed by atoms with Gasteiger partial charge in [0, 0.05) is 58.4 Å². The monoisotopic (exact) mass is 1030 g/mol. The van der Waals surface area contributed by atoms with Crippen molar-refractivity contribution in [2.75, 3.05) is 16.5 Å². The van der Waals surface area contributed by atoms with E-state index in [1.165, 1.54) is 83.4 Å². The third kappa shape index (κ3) is 8.45. The molecule has 0 unspecified atom stereocenters. The summed E-state index contributed by atoms with van der Waals surface area (Å²) in [5, 5.41) is 2.39. The Balaban J connectivity index is 0.967. The number of imidazole rings is 1. The maximum Gasteiger partial charge on any atom is 0.130 e. The van der Waals surface area contributed by atoms with E-state index < -0.39 is 0 Å². The van der Waals surface area contributed by atoms with Crippen LogP contribution in [-0.2, 0) is 13.0 Å². The standard InChI is InChI=1S/C73H63N5O/c1-47(2)58-28-19-29-59(48(3)4)72(58)53-40-55(42-57(41-53)79-56-35-37-64-63-27-15-16-32-66(63)78(67(64)43-56)54-34-36-60(49(5)39-54)50-21-9-6-10-22-50)76-46-77(70-45-68-65(44-69(70)76)74-71-33-17-18-38-75(68)71)73-61(51-23-11-7-12-24-51)30-20-31-62(73)52-25-13-8-14-26-52/h6-16,19-32,34-37,39-45,47-48H,17-18,33,38,46H2,1-5H3. The molecule has 0 aliphatic carbocycles. The normalized spacial score (nSPS) is 13.3. The molecule has 12 aromatic rings. The highest BCUT2D eigenvalue weighted by Crippen LogP contribution is 2.53. The molecule has 0 spiro atoms. The zero-order valence-corrected chi connectivity index (χ0v) is 45.6. The summed E-state index contributed by atoms with van der Waals surface area (Å²) in [5.41, 5.74) is 23.6. The Morgan fingerprint density at radius 1 is 0.456 bits per heavy atom. The van der Waals surface area contributed by atoms with Gasteiger partial charge < -0.3 is 23.7 Å². The van der Waals surface area contributed by atoms with Crippen molar-refractivity contribution in [2.45, 2.75) is 72.3 Å². The molecule has 0 fully saturated rings. The van der Waals surface area contributed by atoms with Crippen LogP contribution in [0, 0.1) is 6.92 Å². The van der Waals surface area contributed by atoms with Gasteiger partial charge in [0.15, 0.2) is 0 Å². The summed E-state index contributed by atoms with van der Waals surface area (Å²) in [5.74, 6) is 3.32. The van der Waals surface area contributed by atoms with Crippen molar-refractivity contribution in [2.24, 2.45) is 0 Å². The third-order valence-corrected chi connectivity index (χ3v) is 16.6. The summed E-state index contributed by atoms with van der Waals surface area (Å²) in [7, 11) is 0. The highest BCUT2D eigenvalue weighted by Gasteiger charge is 2.34. The zero-order chi connectivity index (χ0) is 53.3. The van der Waals surface area contributed by atoms with Gasteiger partial charge in [0.05, 0.1) is 39.1 Å². The van der Waals surface area contributed by atoms with E-state index in [1.54, 1.807) is 0 Å². The molecule has 6 nitrogen and oxygen atoms in total. The minimum atomic E-state index is 0.297.